The van der Waals surface area contributed by atoms with E-state index in [2.05, 4.69) is 29.2 Å². The SMILES string of the molecule is O=C(CSc1nc2ccccc2o1)N1CCCC1Cc1ccccc1. The zero-order chi connectivity index (χ0) is 17.1. The Bertz CT molecular complexity index is 829. The zero-order valence-corrected chi connectivity index (χ0v) is 14.7. The first-order valence-corrected chi connectivity index (χ1v) is 9.60. The van der Waals surface area contributed by atoms with E-state index >= 15 is 0 Å². The molecule has 0 saturated carbocycles. The third kappa shape index (κ3) is 3.71. The second-order valence-electron chi connectivity index (χ2n) is 6.31. The Labute approximate surface area is 151 Å². The predicted octanol–water partition coefficient (Wildman–Crippen LogP) is 4.15. The van der Waals surface area contributed by atoms with Crippen LogP contribution >= 0.6 is 11.8 Å². The van der Waals surface area contributed by atoms with Crippen molar-refractivity contribution >= 4 is 28.8 Å². The second-order valence-corrected chi connectivity index (χ2v) is 7.24. The van der Waals surface area contributed by atoms with Crippen molar-refractivity contribution in [1.82, 2.24) is 9.88 Å². The molecule has 0 aliphatic carbocycles. The summed E-state index contributed by atoms with van der Waals surface area (Å²) >= 11 is 1.38. The fourth-order valence-electron chi connectivity index (χ4n) is 3.38. The maximum Gasteiger partial charge on any atom is 0.257 e. The van der Waals surface area contributed by atoms with Gasteiger partial charge in [-0.2, -0.15) is 0 Å². The van der Waals surface area contributed by atoms with Gasteiger partial charge in [0.05, 0.1) is 5.75 Å². The Hall–Kier alpha value is -2.27. The lowest BCUT2D eigenvalue weighted by Crippen LogP contribution is -2.37. The number of benzene rings is 2. The smallest absolute Gasteiger partial charge is 0.257 e. The second kappa shape index (κ2) is 7.31. The van der Waals surface area contributed by atoms with E-state index in [1.165, 1.54) is 17.3 Å². The number of hydrogen-bond donors (Lipinski definition) is 0. The summed E-state index contributed by atoms with van der Waals surface area (Å²) in [6.45, 7) is 0.852. The monoisotopic (exact) mass is 352 g/mol. The molecule has 1 atom stereocenters. The van der Waals surface area contributed by atoms with Crippen LogP contribution in [0.25, 0.3) is 11.1 Å². The standard InChI is InChI=1S/C20H20N2O2S/c23-19(14-25-20-21-17-10-4-5-11-18(17)24-20)22-12-6-9-16(22)13-15-7-2-1-3-8-15/h1-5,7-8,10-11,16H,6,9,12-14H2. The Morgan fingerprint density at radius 2 is 1.96 bits per heavy atom. The van der Waals surface area contributed by atoms with E-state index in [-0.39, 0.29) is 5.91 Å². The summed E-state index contributed by atoms with van der Waals surface area (Å²) in [6.07, 6.45) is 3.09. The van der Waals surface area contributed by atoms with Gasteiger partial charge in [-0.25, -0.2) is 4.98 Å². The Morgan fingerprint density at radius 1 is 1.16 bits per heavy atom. The average Bonchev–Trinajstić information content (AvgIpc) is 3.27. The summed E-state index contributed by atoms with van der Waals surface area (Å²) in [5.41, 5.74) is 2.89. The number of rotatable bonds is 5. The fourth-order valence-corrected chi connectivity index (χ4v) is 4.11. The van der Waals surface area contributed by atoms with Crippen LogP contribution in [0.4, 0.5) is 0 Å². The van der Waals surface area contributed by atoms with Gasteiger partial charge in [0.15, 0.2) is 5.58 Å². The molecule has 4 nitrogen and oxygen atoms in total. The molecule has 2 aromatic carbocycles. The number of para-hydroxylation sites is 2. The van der Waals surface area contributed by atoms with Gasteiger partial charge in [0.2, 0.25) is 5.91 Å². The number of nitrogens with zero attached hydrogens (tertiary/aromatic N) is 2. The predicted molar refractivity (Wildman–Crippen MR) is 99.6 cm³/mol. The highest BCUT2D eigenvalue weighted by Gasteiger charge is 2.28. The molecule has 1 unspecified atom stereocenters. The summed E-state index contributed by atoms with van der Waals surface area (Å²) in [6, 6.07) is 18.4. The van der Waals surface area contributed by atoms with Crippen LogP contribution in [0, 0.1) is 0 Å². The van der Waals surface area contributed by atoms with Crippen molar-refractivity contribution in [2.24, 2.45) is 0 Å². The summed E-state index contributed by atoms with van der Waals surface area (Å²) < 4.78 is 5.68. The third-order valence-corrected chi connectivity index (χ3v) is 5.42. The van der Waals surface area contributed by atoms with Crippen LogP contribution < -0.4 is 0 Å². The number of carbonyl (C=O) groups is 1. The molecule has 128 valence electrons. The van der Waals surface area contributed by atoms with E-state index < -0.39 is 0 Å². The average molecular weight is 352 g/mol. The maximum atomic E-state index is 12.7. The quantitative estimate of drug-likeness (QED) is 0.647. The molecule has 1 aliphatic rings. The molecule has 0 radical (unpaired) electrons. The lowest BCUT2D eigenvalue weighted by atomic mass is 10.0. The van der Waals surface area contributed by atoms with E-state index in [9.17, 15) is 4.79 Å². The van der Waals surface area contributed by atoms with Crippen molar-refractivity contribution < 1.29 is 9.21 Å². The van der Waals surface area contributed by atoms with Gasteiger partial charge in [0.25, 0.3) is 5.22 Å². The number of oxazole rings is 1. The Kier molecular flexibility index (Phi) is 4.74. The van der Waals surface area contributed by atoms with Crippen LogP contribution in [0.3, 0.4) is 0 Å². The van der Waals surface area contributed by atoms with Crippen molar-refractivity contribution in [3.05, 3.63) is 60.2 Å². The largest absolute Gasteiger partial charge is 0.431 e. The fraction of sp³-hybridized carbons (Fsp3) is 0.300. The lowest BCUT2D eigenvalue weighted by Gasteiger charge is -2.24. The normalized spacial score (nSPS) is 17.3. The van der Waals surface area contributed by atoms with Gasteiger partial charge in [-0.05, 0) is 37.0 Å². The molecule has 0 spiro atoms. The molecule has 1 fully saturated rings. The Morgan fingerprint density at radius 3 is 2.80 bits per heavy atom. The van der Waals surface area contributed by atoms with Gasteiger partial charge in [-0.3, -0.25) is 4.79 Å². The third-order valence-electron chi connectivity index (χ3n) is 4.61. The topological polar surface area (TPSA) is 46.3 Å². The van der Waals surface area contributed by atoms with Crippen LogP contribution in [0.1, 0.15) is 18.4 Å². The molecule has 0 N–H and O–H groups in total. The first-order chi connectivity index (χ1) is 12.3. The van der Waals surface area contributed by atoms with Crippen LogP contribution in [0.5, 0.6) is 0 Å². The van der Waals surface area contributed by atoms with Gasteiger partial charge < -0.3 is 9.32 Å². The molecule has 3 aromatic rings. The number of likely N-dealkylation sites (tertiary alicyclic amines) is 1. The van der Waals surface area contributed by atoms with Crippen LogP contribution in [0.2, 0.25) is 0 Å². The van der Waals surface area contributed by atoms with Crippen molar-refractivity contribution in [2.75, 3.05) is 12.3 Å². The van der Waals surface area contributed by atoms with Crippen molar-refractivity contribution in [3.63, 3.8) is 0 Å². The number of aromatic nitrogens is 1. The maximum absolute atomic E-state index is 12.7. The zero-order valence-electron chi connectivity index (χ0n) is 13.9. The van der Waals surface area contributed by atoms with E-state index in [0.29, 0.717) is 17.0 Å². The molecule has 5 heteroatoms. The molecule has 25 heavy (non-hydrogen) atoms. The molecule has 1 aromatic heterocycles. The van der Waals surface area contributed by atoms with E-state index in [1.54, 1.807) is 0 Å². The minimum Gasteiger partial charge on any atom is -0.431 e. The summed E-state index contributed by atoms with van der Waals surface area (Å²) in [7, 11) is 0. The highest BCUT2D eigenvalue weighted by molar-refractivity contribution is 7.99. The van der Waals surface area contributed by atoms with Gasteiger partial charge in [-0.15, -0.1) is 0 Å². The van der Waals surface area contributed by atoms with Gasteiger partial charge in [0, 0.05) is 12.6 Å². The van der Waals surface area contributed by atoms with E-state index in [4.69, 9.17) is 4.42 Å². The molecule has 0 bridgehead atoms. The minimum atomic E-state index is 0.172. The molecular weight excluding hydrogens is 332 g/mol. The molecular formula is C20H20N2O2S. The molecule has 4 rings (SSSR count). The van der Waals surface area contributed by atoms with Crippen LogP contribution in [-0.2, 0) is 11.2 Å². The summed E-state index contributed by atoms with van der Waals surface area (Å²) in [5.74, 6) is 0.545. The van der Waals surface area contributed by atoms with Crippen molar-refractivity contribution in [2.45, 2.75) is 30.5 Å². The number of carbonyl (C=O) groups excluding carboxylic acids is 1. The highest BCUT2D eigenvalue weighted by Crippen LogP contribution is 2.26. The molecule has 1 amide bonds. The number of hydrogen-bond acceptors (Lipinski definition) is 4. The molecule has 1 saturated heterocycles. The van der Waals surface area contributed by atoms with Gasteiger partial charge in [0.1, 0.15) is 5.52 Å². The highest BCUT2D eigenvalue weighted by atomic mass is 32.2. The van der Waals surface area contributed by atoms with E-state index in [0.717, 1.165) is 36.9 Å². The minimum absolute atomic E-state index is 0.172. The van der Waals surface area contributed by atoms with Crippen molar-refractivity contribution in [1.29, 1.82) is 0 Å². The van der Waals surface area contributed by atoms with Crippen LogP contribution in [0.15, 0.2) is 64.2 Å². The first-order valence-electron chi connectivity index (χ1n) is 8.61. The van der Waals surface area contributed by atoms with Crippen LogP contribution in [-0.4, -0.2) is 34.1 Å². The van der Waals surface area contributed by atoms with Gasteiger partial charge >= 0.3 is 0 Å². The first kappa shape index (κ1) is 16.2. The Balaban J connectivity index is 1.38. The van der Waals surface area contributed by atoms with E-state index in [1.807, 2.05) is 35.2 Å². The number of fused-ring (bicyclic) bond motifs is 1. The number of thioether (sulfide) groups is 1. The molecule has 1 aliphatic heterocycles. The summed E-state index contributed by atoms with van der Waals surface area (Å²) in [5, 5.41) is 0.563. The molecule has 2 heterocycles. The summed E-state index contributed by atoms with van der Waals surface area (Å²) in [4.78, 5) is 19.1. The lowest BCUT2D eigenvalue weighted by molar-refractivity contribution is -0.129. The van der Waals surface area contributed by atoms with Crippen molar-refractivity contribution in [3.8, 4) is 0 Å². The number of amides is 1. The van der Waals surface area contributed by atoms with Gasteiger partial charge in [-0.1, -0.05) is 54.2 Å².